The van der Waals surface area contributed by atoms with Gasteiger partial charge in [-0.2, -0.15) is 0 Å². The smallest absolute Gasteiger partial charge is 0.326 e. The molecule has 0 unspecified atom stereocenters. The Balaban J connectivity index is 4.27. The summed E-state index contributed by atoms with van der Waals surface area (Å²) in [5.41, 5.74) is 0. The highest BCUT2D eigenvalue weighted by Gasteiger charge is 2.22. The minimum atomic E-state index is -1.01. The quantitative estimate of drug-likeness (QED) is 0.636. The van der Waals surface area contributed by atoms with Crippen LogP contribution in [0.5, 0.6) is 0 Å². The van der Waals surface area contributed by atoms with Crippen molar-refractivity contribution in [2.24, 2.45) is 5.92 Å². The number of amides is 1. The summed E-state index contributed by atoms with van der Waals surface area (Å²) in [4.78, 5) is 21.6. The summed E-state index contributed by atoms with van der Waals surface area (Å²) in [6.07, 6.45) is 2.87. The first kappa shape index (κ1) is 11.7. The molecule has 0 aromatic rings. The molecule has 0 aliphatic rings. The Bertz CT molecular complexity index is 221. The molecule has 0 saturated heterocycles. The largest absolute Gasteiger partial charge is 0.480 e. The Morgan fingerprint density at radius 2 is 1.92 bits per heavy atom. The van der Waals surface area contributed by atoms with E-state index >= 15 is 0 Å². The van der Waals surface area contributed by atoms with Crippen LogP contribution in [0.1, 0.15) is 20.8 Å². The maximum absolute atomic E-state index is 11.0. The standard InChI is InChI=1S/C9H15NO3/c1-4-5-7(11)10-8(6(2)3)9(12)13/h4-6,8H,1-3H3,(H,10,11)(H,12,13)/t8-/m0/s1. The predicted octanol–water partition coefficient (Wildman–Crippen LogP) is 0.788. The lowest BCUT2D eigenvalue weighted by atomic mass is 10.1. The molecule has 0 saturated carbocycles. The van der Waals surface area contributed by atoms with Gasteiger partial charge in [-0.1, -0.05) is 19.9 Å². The number of carboxylic acid groups (broad SMARTS) is 1. The second-order valence-corrected chi connectivity index (χ2v) is 3.07. The van der Waals surface area contributed by atoms with Crippen molar-refractivity contribution in [3.05, 3.63) is 12.2 Å². The highest BCUT2D eigenvalue weighted by molar-refractivity contribution is 5.91. The van der Waals surface area contributed by atoms with Gasteiger partial charge in [0.25, 0.3) is 0 Å². The minimum absolute atomic E-state index is 0.119. The lowest BCUT2D eigenvalue weighted by Crippen LogP contribution is -2.43. The van der Waals surface area contributed by atoms with Crippen LogP contribution in [0.15, 0.2) is 12.2 Å². The molecule has 1 amide bonds. The van der Waals surface area contributed by atoms with Gasteiger partial charge in [0.05, 0.1) is 0 Å². The van der Waals surface area contributed by atoms with Crippen molar-refractivity contribution in [1.29, 1.82) is 0 Å². The van der Waals surface area contributed by atoms with Crippen molar-refractivity contribution < 1.29 is 14.7 Å². The molecule has 0 aliphatic heterocycles. The van der Waals surface area contributed by atoms with Crippen LogP contribution in [0, 0.1) is 5.92 Å². The maximum Gasteiger partial charge on any atom is 0.326 e. The first-order valence-corrected chi connectivity index (χ1v) is 4.15. The van der Waals surface area contributed by atoms with Crippen LogP contribution in [0.3, 0.4) is 0 Å². The van der Waals surface area contributed by atoms with Gasteiger partial charge in [-0.15, -0.1) is 0 Å². The molecule has 0 aromatic carbocycles. The topological polar surface area (TPSA) is 66.4 Å². The number of hydrogen-bond acceptors (Lipinski definition) is 2. The molecule has 1 atom stereocenters. The number of hydrogen-bond donors (Lipinski definition) is 2. The summed E-state index contributed by atoms with van der Waals surface area (Å²) < 4.78 is 0. The molecule has 74 valence electrons. The molecular formula is C9H15NO3. The minimum Gasteiger partial charge on any atom is -0.480 e. The van der Waals surface area contributed by atoms with E-state index in [1.807, 2.05) is 0 Å². The fraction of sp³-hybridized carbons (Fsp3) is 0.556. The van der Waals surface area contributed by atoms with Crippen molar-refractivity contribution in [3.8, 4) is 0 Å². The SMILES string of the molecule is CC=CC(=O)N[C@H](C(=O)O)C(C)C. The van der Waals surface area contributed by atoms with Gasteiger partial charge in [0.2, 0.25) is 5.91 Å². The predicted molar refractivity (Wildman–Crippen MR) is 49.2 cm³/mol. The molecule has 0 aliphatic carbocycles. The molecule has 0 heterocycles. The van der Waals surface area contributed by atoms with E-state index in [4.69, 9.17) is 5.11 Å². The summed E-state index contributed by atoms with van der Waals surface area (Å²) in [5, 5.41) is 11.1. The average Bonchev–Trinajstić information content (AvgIpc) is 1.99. The Kier molecular flexibility index (Phi) is 4.80. The molecule has 0 bridgehead atoms. The molecule has 0 aromatic heterocycles. The van der Waals surface area contributed by atoms with Crippen molar-refractivity contribution >= 4 is 11.9 Å². The Morgan fingerprint density at radius 1 is 1.38 bits per heavy atom. The normalized spacial score (nSPS) is 13.2. The first-order chi connectivity index (χ1) is 5.99. The molecule has 0 rings (SSSR count). The number of rotatable bonds is 4. The highest BCUT2D eigenvalue weighted by atomic mass is 16.4. The number of carbonyl (C=O) groups excluding carboxylic acids is 1. The third kappa shape index (κ3) is 4.30. The summed E-state index contributed by atoms with van der Waals surface area (Å²) in [6.45, 7) is 5.19. The molecule has 4 heteroatoms. The number of carbonyl (C=O) groups is 2. The van der Waals surface area contributed by atoms with Crippen LogP contribution in [0.25, 0.3) is 0 Å². The molecular weight excluding hydrogens is 170 g/mol. The van der Waals surface area contributed by atoms with Crippen LogP contribution in [-0.2, 0) is 9.59 Å². The zero-order valence-electron chi connectivity index (χ0n) is 8.07. The summed E-state index contributed by atoms with van der Waals surface area (Å²) in [7, 11) is 0. The molecule has 0 radical (unpaired) electrons. The lowest BCUT2D eigenvalue weighted by Gasteiger charge is -2.16. The van der Waals surface area contributed by atoms with Gasteiger partial charge < -0.3 is 10.4 Å². The number of aliphatic carboxylic acids is 1. The lowest BCUT2D eigenvalue weighted by molar-refractivity contribution is -0.142. The van der Waals surface area contributed by atoms with Crippen LogP contribution in [0.4, 0.5) is 0 Å². The van der Waals surface area contributed by atoms with Gasteiger partial charge in [-0.3, -0.25) is 4.79 Å². The van der Waals surface area contributed by atoms with Gasteiger partial charge in [0.1, 0.15) is 6.04 Å². The maximum atomic E-state index is 11.0. The van der Waals surface area contributed by atoms with E-state index in [2.05, 4.69) is 5.32 Å². The molecule has 0 fully saturated rings. The average molecular weight is 185 g/mol. The van der Waals surface area contributed by atoms with Gasteiger partial charge in [-0.25, -0.2) is 4.79 Å². The van der Waals surface area contributed by atoms with E-state index in [0.29, 0.717) is 0 Å². The fourth-order valence-electron chi connectivity index (χ4n) is 0.866. The highest BCUT2D eigenvalue weighted by Crippen LogP contribution is 2.01. The van der Waals surface area contributed by atoms with Crippen molar-refractivity contribution in [2.45, 2.75) is 26.8 Å². The van der Waals surface area contributed by atoms with Gasteiger partial charge >= 0.3 is 5.97 Å². The summed E-state index contributed by atoms with van der Waals surface area (Å²) in [6, 6.07) is -0.816. The van der Waals surface area contributed by atoms with Gasteiger partial charge in [-0.05, 0) is 18.9 Å². The summed E-state index contributed by atoms with van der Waals surface area (Å²) >= 11 is 0. The Hall–Kier alpha value is -1.32. The zero-order valence-corrected chi connectivity index (χ0v) is 8.07. The number of allylic oxidation sites excluding steroid dienone is 1. The van der Waals surface area contributed by atoms with E-state index in [1.54, 1.807) is 26.8 Å². The zero-order chi connectivity index (χ0) is 10.4. The first-order valence-electron chi connectivity index (χ1n) is 4.15. The van der Waals surface area contributed by atoms with Crippen LogP contribution < -0.4 is 5.32 Å². The Labute approximate surface area is 77.6 Å². The molecule has 0 spiro atoms. The Morgan fingerprint density at radius 3 is 2.23 bits per heavy atom. The van der Waals surface area contributed by atoms with E-state index in [-0.39, 0.29) is 11.8 Å². The fourth-order valence-corrected chi connectivity index (χ4v) is 0.866. The third-order valence-corrected chi connectivity index (χ3v) is 1.55. The van der Waals surface area contributed by atoms with Crippen LogP contribution >= 0.6 is 0 Å². The van der Waals surface area contributed by atoms with Crippen molar-refractivity contribution in [2.75, 3.05) is 0 Å². The third-order valence-electron chi connectivity index (χ3n) is 1.55. The second-order valence-electron chi connectivity index (χ2n) is 3.07. The number of nitrogens with one attached hydrogen (secondary N) is 1. The molecule has 13 heavy (non-hydrogen) atoms. The van der Waals surface area contributed by atoms with E-state index in [9.17, 15) is 9.59 Å². The van der Waals surface area contributed by atoms with E-state index in [1.165, 1.54) is 6.08 Å². The van der Waals surface area contributed by atoms with Gasteiger partial charge in [0.15, 0.2) is 0 Å². The monoisotopic (exact) mass is 185 g/mol. The summed E-state index contributed by atoms with van der Waals surface area (Å²) in [5.74, 6) is -1.50. The molecule has 2 N–H and O–H groups in total. The van der Waals surface area contributed by atoms with Crippen LogP contribution in [-0.4, -0.2) is 23.0 Å². The van der Waals surface area contributed by atoms with E-state index < -0.39 is 12.0 Å². The van der Waals surface area contributed by atoms with Crippen molar-refractivity contribution in [1.82, 2.24) is 5.32 Å². The number of carboxylic acids is 1. The van der Waals surface area contributed by atoms with Crippen LogP contribution in [0.2, 0.25) is 0 Å². The second kappa shape index (κ2) is 5.35. The van der Waals surface area contributed by atoms with Gasteiger partial charge in [0, 0.05) is 0 Å². The van der Waals surface area contributed by atoms with Crippen molar-refractivity contribution in [3.63, 3.8) is 0 Å². The molecule has 4 nitrogen and oxygen atoms in total. The van der Waals surface area contributed by atoms with E-state index in [0.717, 1.165) is 0 Å².